The van der Waals surface area contributed by atoms with Crippen molar-refractivity contribution in [3.63, 3.8) is 0 Å². The Bertz CT molecular complexity index is 1130. The first kappa shape index (κ1) is 27.2. The molecule has 3 rings (SSSR count). The highest BCUT2D eigenvalue weighted by Crippen LogP contribution is 2.45. The number of rotatable bonds is 9. The molecule has 9 heteroatoms. The number of cyclic esters (lactones) is 1. The van der Waals surface area contributed by atoms with Crippen LogP contribution in [-0.4, -0.2) is 33.2 Å². The van der Waals surface area contributed by atoms with Gasteiger partial charge >= 0.3 is 5.97 Å². The number of aryl methyl sites for hydroxylation is 2. The largest absolute Gasteiger partial charge is 0.511 e. The van der Waals surface area contributed by atoms with Crippen LogP contribution in [0.3, 0.4) is 0 Å². The van der Waals surface area contributed by atoms with Crippen LogP contribution in [0.25, 0.3) is 0 Å². The highest BCUT2D eigenvalue weighted by atomic mass is 32.2. The highest BCUT2D eigenvalue weighted by molar-refractivity contribution is 8.04. The lowest BCUT2D eigenvalue weighted by Crippen LogP contribution is -2.44. The number of aliphatic hydroxyl groups excluding tert-OH is 2. The fourth-order valence-corrected chi connectivity index (χ4v) is 6.10. The van der Waals surface area contributed by atoms with Gasteiger partial charge in [-0.2, -0.15) is 0 Å². The number of thioether (sulfide) groups is 1. The number of carbonyl (C=O) groups is 2. The minimum absolute atomic E-state index is 0.0254. The second-order valence-electron chi connectivity index (χ2n) is 10.3. The molecule has 0 saturated carbocycles. The predicted octanol–water partition coefficient (Wildman–Crippen LogP) is 5.65. The number of amides is 1. The van der Waals surface area contributed by atoms with Crippen molar-refractivity contribution in [1.29, 1.82) is 0 Å². The Balaban J connectivity index is 1.88. The van der Waals surface area contributed by atoms with Crippen molar-refractivity contribution in [2.75, 3.05) is 5.32 Å². The minimum Gasteiger partial charge on any atom is -0.511 e. The van der Waals surface area contributed by atoms with Gasteiger partial charge in [-0.25, -0.2) is 9.78 Å². The van der Waals surface area contributed by atoms with Crippen LogP contribution in [0.2, 0.25) is 0 Å². The van der Waals surface area contributed by atoms with Crippen LogP contribution in [0.5, 0.6) is 0 Å². The van der Waals surface area contributed by atoms with Gasteiger partial charge in [0.2, 0.25) is 6.41 Å². The van der Waals surface area contributed by atoms with Gasteiger partial charge in [0.05, 0.1) is 12.3 Å². The van der Waals surface area contributed by atoms with Crippen molar-refractivity contribution in [2.24, 2.45) is 5.92 Å². The molecule has 1 aromatic heterocycles. The molecule has 1 aromatic carbocycles. The van der Waals surface area contributed by atoms with Gasteiger partial charge in [-0.3, -0.25) is 4.79 Å². The van der Waals surface area contributed by atoms with E-state index in [2.05, 4.69) is 31.1 Å². The number of nitrogens with zero attached hydrogens (tertiary/aromatic N) is 1. The number of aliphatic hydroxyl groups is 2. The molecule has 2 aromatic rings. The van der Waals surface area contributed by atoms with Crippen molar-refractivity contribution in [3.05, 3.63) is 50.6 Å². The molecule has 0 saturated heterocycles. The molecular formula is C26H34N2O5S2. The van der Waals surface area contributed by atoms with Crippen LogP contribution in [-0.2, 0) is 32.8 Å². The van der Waals surface area contributed by atoms with Gasteiger partial charge in [0.15, 0.2) is 5.13 Å². The van der Waals surface area contributed by atoms with E-state index in [1.165, 1.54) is 23.1 Å². The molecule has 1 unspecified atom stereocenters. The maximum Gasteiger partial charge on any atom is 0.349 e. The number of thiazole rings is 1. The number of esters is 1. The lowest BCUT2D eigenvalue weighted by atomic mass is 9.80. The summed E-state index contributed by atoms with van der Waals surface area (Å²) in [5, 5.41) is 25.7. The van der Waals surface area contributed by atoms with Crippen molar-refractivity contribution in [3.8, 4) is 0 Å². The monoisotopic (exact) mass is 518 g/mol. The van der Waals surface area contributed by atoms with E-state index in [4.69, 9.17) is 4.74 Å². The van der Waals surface area contributed by atoms with E-state index in [1.54, 1.807) is 0 Å². The molecule has 1 aliphatic rings. The van der Waals surface area contributed by atoms with Crippen LogP contribution < -0.4 is 5.32 Å². The standard InChI is InChI=1S/C26H34N2O5S2/c1-15(2)26(8-7-18-13-34-24(28-18)27-14-30)11-20(31)22(23(32)33-26)35-21-9-16(3)17(12-29)10-19(21)25(4,5)6/h9-10,13-15,29,31H,7-8,11-12H2,1-6H3,(H,27,28,30). The first-order valence-electron chi connectivity index (χ1n) is 11.6. The topological polar surface area (TPSA) is 109 Å². The number of hydrogen-bond donors (Lipinski definition) is 3. The molecule has 1 atom stereocenters. The molecular weight excluding hydrogens is 484 g/mol. The molecule has 2 heterocycles. The summed E-state index contributed by atoms with van der Waals surface area (Å²) in [4.78, 5) is 29.3. The third-order valence-electron chi connectivity index (χ3n) is 6.43. The van der Waals surface area contributed by atoms with E-state index in [0.29, 0.717) is 24.4 Å². The van der Waals surface area contributed by atoms with Crippen LogP contribution in [0, 0.1) is 12.8 Å². The lowest BCUT2D eigenvalue weighted by molar-refractivity contribution is -0.164. The van der Waals surface area contributed by atoms with Crippen LogP contribution >= 0.6 is 23.1 Å². The van der Waals surface area contributed by atoms with E-state index in [0.717, 1.165) is 27.3 Å². The van der Waals surface area contributed by atoms with Crippen molar-refractivity contribution >= 4 is 40.6 Å². The molecule has 0 radical (unpaired) electrons. The SMILES string of the molecule is Cc1cc(SC2=C(O)CC(CCc3csc(NC=O)n3)(C(C)C)OC2=O)c(C(C)(C)C)cc1CO. The van der Waals surface area contributed by atoms with E-state index < -0.39 is 11.6 Å². The number of aromatic nitrogens is 1. The summed E-state index contributed by atoms with van der Waals surface area (Å²) in [6.45, 7) is 12.1. The van der Waals surface area contributed by atoms with Gasteiger partial charge in [-0.1, -0.05) is 52.4 Å². The van der Waals surface area contributed by atoms with E-state index in [9.17, 15) is 19.8 Å². The Morgan fingerprint density at radius 2 is 2.06 bits per heavy atom. The number of benzene rings is 1. The summed E-state index contributed by atoms with van der Waals surface area (Å²) < 4.78 is 6.05. The summed E-state index contributed by atoms with van der Waals surface area (Å²) in [7, 11) is 0. The predicted molar refractivity (Wildman–Crippen MR) is 140 cm³/mol. The summed E-state index contributed by atoms with van der Waals surface area (Å²) in [5.74, 6) is -0.523. The van der Waals surface area contributed by atoms with Crippen LogP contribution in [0.1, 0.15) is 69.8 Å². The minimum atomic E-state index is -0.851. The quantitative estimate of drug-likeness (QED) is 0.291. The van der Waals surface area contributed by atoms with Crippen LogP contribution in [0.15, 0.2) is 33.1 Å². The zero-order chi connectivity index (χ0) is 26.0. The second-order valence-corrected chi connectivity index (χ2v) is 12.2. The summed E-state index contributed by atoms with van der Waals surface area (Å²) in [6.07, 6.45) is 1.86. The average molecular weight is 519 g/mol. The molecule has 0 bridgehead atoms. The Morgan fingerprint density at radius 3 is 2.63 bits per heavy atom. The van der Waals surface area contributed by atoms with E-state index in [1.807, 2.05) is 38.3 Å². The number of ether oxygens (including phenoxy) is 1. The zero-order valence-corrected chi connectivity index (χ0v) is 22.7. The number of anilines is 1. The third-order valence-corrected chi connectivity index (χ3v) is 8.42. The van der Waals surface area contributed by atoms with Crippen molar-refractivity contribution in [2.45, 2.75) is 83.3 Å². The van der Waals surface area contributed by atoms with Crippen molar-refractivity contribution in [1.82, 2.24) is 4.98 Å². The molecule has 0 fully saturated rings. The average Bonchev–Trinajstić information content (AvgIpc) is 3.21. The Morgan fingerprint density at radius 1 is 1.34 bits per heavy atom. The first-order valence-corrected chi connectivity index (χ1v) is 13.3. The van der Waals surface area contributed by atoms with Gasteiger partial charge in [0.1, 0.15) is 16.3 Å². The fraction of sp³-hybridized carbons (Fsp3) is 0.500. The molecule has 35 heavy (non-hydrogen) atoms. The van der Waals surface area contributed by atoms with Gasteiger partial charge in [0.25, 0.3) is 0 Å². The summed E-state index contributed by atoms with van der Waals surface area (Å²) in [5.41, 5.74) is 2.49. The normalized spacial score (nSPS) is 18.7. The molecule has 190 valence electrons. The molecule has 0 spiro atoms. The molecule has 7 nitrogen and oxygen atoms in total. The second kappa shape index (κ2) is 10.7. The number of carbonyl (C=O) groups excluding carboxylic acids is 2. The maximum absolute atomic E-state index is 13.2. The van der Waals surface area contributed by atoms with E-state index >= 15 is 0 Å². The summed E-state index contributed by atoms with van der Waals surface area (Å²) >= 11 is 2.56. The highest BCUT2D eigenvalue weighted by Gasteiger charge is 2.44. The Hall–Kier alpha value is -2.36. The zero-order valence-electron chi connectivity index (χ0n) is 21.1. The van der Waals surface area contributed by atoms with Gasteiger partial charge in [-0.15, -0.1) is 11.3 Å². The number of hydrogen-bond acceptors (Lipinski definition) is 8. The fourth-order valence-electron chi connectivity index (χ4n) is 4.15. The lowest BCUT2D eigenvalue weighted by Gasteiger charge is -2.40. The first-order chi connectivity index (χ1) is 16.4. The Labute approximate surface area is 215 Å². The maximum atomic E-state index is 13.2. The smallest absolute Gasteiger partial charge is 0.349 e. The molecule has 1 amide bonds. The summed E-state index contributed by atoms with van der Waals surface area (Å²) in [6, 6.07) is 3.94. The molecule has 0 aliphatic carbocycles. The van der Waals surface area contributed by atoms with Crippen LogP contribution in [0.4, 0.5) is 5.13 Å². The van der Waals surface area contributed by atoms with Gasteiger partial charge < -0.3 is 20.3 Å². The number of nitrogens with one attached hydrogen (secondary N) is 1. The third kappa shape index (κ3) is 6.08. The molecule has 3 N–H and O–H groups in total. The molecule has 1 aliphatic heterocycles. The van der Waals surface area contributed by atoms with E-state index in [-0.39, 0.29) is 35.0 Å². The van der Waals surface area contributed by atoms with Gasteiger partial charge in [-0.05, 0) is 53.9 Å². The van der Waals surface area contributed by atoms with Crippen molar-refractivity contribution < 1.29 is 24.5 Å². The Kier molecular flexibility index (Phi) is 8.34. The van der Waals surface area contributed by atoms with Gasteiger partial charge in [0, 0.05) is 16.7 Å².